The fraction of sp³-hybridized carbons (Fsp3) is 0.393. The number of amides is 2. The van der Waals surface area contributed by atoms with E-state index in [0.29, 0.717) is 38.4 Å². The molecule has 0 bridgehead atoms. The molecule has 0 atom stereocenters. The first-order chi connectivity index (χ1) is 17.6. The molecule has 0 spiro atoms. The number of carbonyl (C=O) groups excluding carboxylic acids is 2. The van der Waals surface area contributed by atoms with Gasteiger partial charge in [-0.15, -0.1) is 0 Å². The van der Waals surface area contributed by atoms with Crippen LogP contribution in [0, 0.1) is 5.82 Å². The van der Waals surface area contributed by atoms with Crippen LogP contribution in [0.15, 0.2) is 48.5 Å². The zero-order chi connectivity index (χ0) is 24.6. The summed E-state index contributed by atoms with van der Waals surface area (Å²) in [5, 5.41) is 4.74. The van der Waals surface area contributed by atoms with Crippen LogP contribution in [0.4, 0.5) is 10.1 Å². The Bertz CT molecular complexity index is 1290. The third kappa shape index (κ3) is 4.19. The minimum absolute atomic E-state index is 0.0477. The lowest BCUT2D eigenvalue weighted by atomic mass is 9.95. The molecule has 36 heavy (non-hydrogen) atoms. The number of fused-ring (bicyclic) bond motifs is 2. The van der Waals surface area contributed by atoms with Crippen molar-refractivity contribution >= 4 is 17.5 Å². The molecule has 3 aromatic rings. The summed E-state index contributed by atoms with van der Waals surface area (Å²) in [6.45, 7) is 3.56. The van der Waals surface area contributed by atoms with Gasteiger partial charge in [-0.2, -0.15) is 5.10 Å². The van der Waals surface area contributed by atoms with E-state index >= 15 is 0 Å². The van der Waals surface area contributed by atoms with Gasteiger partial charge in [0.05, 0.1) is 12.2 Å². The fourth-order valence-corrected chi connectivity index (χ4v) is 5.70. The van der Waals surface area contributed by atoms with Crippen molar-refractivity contribution in [3.63, 3.8) is 0 Å². The molecule has 186 valence electrons. The van der Waals surface area contributed by atoms with Crippen LogP contribution in [0.25, 0.3) is 5.69 Å². The molecule has 2 aromatic carbocycles. The number of rotatable bonds is 4. The number of benzene rings is 2. The van der Waals surface area contributed by atoms with Crippen molar-refractivity contribution in [2.75, 3.05) is 44.2 Å². The summed E-state index contributed by atoms with van der Waals surface area (Å²) in [5.41, 5.74) is 5.64. The lowest BCUT2D eigenvalue weighted by Crippen LogP contribution is -2.51. The summed E-state index contributed by atoms with van der Waals surface area (Å²) in [7, 11) is 0. The van der Waals surface area contributed by atoms with E-state index in [1.165, 1.54) is 17.7 Å². The lowest BCUT2D eigenvalue weighted by molar-refractivity contribution is -0.120. The van der Waals surface area contributed by atoms with Crippen molar-refractivity contribution in [1.82, 2.24) is 19.6 Å². The Kier molecular flexibility index (Phi) is 6.05. The quantitative estimate of drug-likeness (QED) is 0.567. The maximum atomic E-state index is 13.5. The predicted octanol–water partition coefficient (Wildman–Crippen LogP) is 3.24. The molecule has 0 unspecified atom stereocenters. The fourth-order valence-electron chi connectivity index (χ4n) is 5.70. The van der Waals surface area contributed by atoms with Crippen molar-refractivity contribution < 1.29 is 14.0 Å². The molecule has 6 rings (SSSR count). The Morgan fingerprint density at radius 1 is 0.861 bits per heavy atom. The monoisotopic (exact) mass is 487 g/mol. The number of aromatic nitrogens is 2. The second-order valence-electron chi connectivity index (χ2n) is 9.86. The Hall–Kier alpha value is -3.52. The Balaban J connectivity index is 1.13. The molecule has 3 aliphatic rings. The molecule has 0 saturated carbocycles. The van der Waals surface area contributed by atoms with Gasteiger partial charge in [0.1, 0.15) is 5.82 Å². The zero-order valence-corrected chi connectivity index (χ0v) is 20.3. The molecular weight excluding hydrogens is 457 g/mol. The van der Waals surface area contributed by atoms with Crippen molar-refractivity contribution in [3.8, 4) is 5.69 Å². The highest BCUT2D eigenvalue weighted by Gasteiger charge is 2.32. The third-order valence-electron chi connectivity index (χ3n) is 7.66. The first-order valence-corrected chi connectivity index (χ1v) is 12.8. The second kappa shape index (κ2) is 9.50. The van der Waals surface area contributed by atoms with E-state index < -0.39 is 0 Å². The number of hydrogen-bond acceptors (Lipinski definition) is 4. The summed E-state index contributed by atoms with van der Waals surface area (Å²) in [6.07, 6.45) is 4.70. The van der Waals surface area contributed by atoms with E-state index in [2.05, 4.69) is 11.0 Å². The summed E-state index contributed by atoms with van der Waals surface area (Å²) in [6, 6.07) is 14.4. The van der Waals surface area contributed by atoms with Gasteiger partial charge < -0.3 is 9.80 Å². The molecule has 0 radical (unpaired) electrons. The molecule has 1 fully saturated rings. The van der Waals surface area contributed by atoms with Gasteiger partial charge in [0.2, 0.25) is 5.91 Å². The molecular formula is C28H30FN5O2. The summed E-state index contributed by atoms with van der Waals surface area (Å²) >= 11 is 0. The van der Waals surface area contributed by atoms with E-state index in [9.17, 15) is 14.0 Å². The van der Waals surface area contributed by atoms with Crippen LogP contribution in [0.3, 0.4) is 0 Å². The zero-order valence-electron chi connectivity index (χ0n) is 20.3. The van der Waals surface area contributed by atoms with Crippen LogP contribution in [0.2, 0.25) is 0 Å². The predicted molar refractivity (Wildman–Crippen MR) is 135 cm³/mol. The van der Waals surface area contributed by atoms with E-state index in [0.717, 1.165) is 61.3 Å². The van der Waals surface area contributed by atoms with Crippen LogP contribution < -0.4 is 4.90 Å². The first kappa shape index (κ1) is 22.9. The molecule has 2 aliphatic heterocycles. The van der Waals surface area contributed by atoms with Crippen LogP contribution >= 0.6 is 0 Å². The van der Waals surface area contributed by atoms with E-state index in [1.807, 2.05) is 32.7 Å². The minimum atomic E-state index is -0.290. The highest BCUT2D eigenvalue weighted by Crippen LogP contribution is 2.29. The summed E-state index contributed by atoms with van der Waals surface area (Å²) < 4.78 is 15.3. The van der Waals surface area contributed by atoms with E-state index in [-0.39, 0.29) is 17.6 Å². The van der Waals surface area contributed by atoms with Crippen LogP contribution in [0.1, 0.15) is 40.2 Å². The number of para-hydroxylation sites is 1. The number of piperazine rings is 1. The number of nitrogens with zero attached hydrogens (tertiary/aromatic N) is 5. The van der Waals surface area contributed by atoms with Gasteiger partial charge >= 0.3 is 0 Å². The van der Waals surface area contributed by atoms with Gasteiger partial charge in [0.25, 0.3) is 5.91 Å². The maximum absolute atomic E-state index is 13.5. The van der Waals surface area contributed by atoms with Crippen LogP contribution in [-0.4, -0.2) is 70.7 Å². The molecule has 0 N–H and O–H groups in total. The van der Waals surface area contributed by atoms with Gasteiger partial charge in [-0.1, -0.05) is 18.2 Å². The highest BCUT2D eigenvalue weighted by atomic mass is 19.1. The van der Waals surface area contributed by atoms with Crippen LogP contribution in [0.5, 0.6) is 0 Å². The SMILES string of the molecule is O=C(c1nn(-c2ccc(F)cc2)c2c1CCCC2)N1CCN(CC(=O)N2CCc3ccccc32)CC1. The van der Waals surface area contributed by atoms with E-state index in [4.69, 9.17) is 5.10 Å². The van der Waals surface area contributed by atoms with Gasteiger partial charge in [-0.05, 0) is 68.0 Å². The third-order valence-corrected chi connectivity index (χ3v) is 7.66. The average Bonchev–Trinajstić information content (AvgIpc) is 3.52. The summed E-state index contributed by atoms with van der Waals surface area (Å²) in [4.78, 5) is 32.4. The smallest absolute Gasteiger partial charge is 0.274 e. The lowest BCUT2D eigenvalue weighted by Gasteiger charge is -2.35. The topological polar surface area (TPSA) is 61.7 Å². The summed E-state index contributed by atoms with van der Waals surface area (Å²) in [5.74, 6) is -0.221. The molecule has 3 heterocycles. The highest BCUT2D eigenvalue weighted by molar-refractivity contribution is 5.97. The molecule has 1 aliphatic carbocycles. The molecule has 7 nitrogen and oxygen atoms in total. The first-order valence-electron chi connectivity index (χ1n) is 12.8. The van der Waals surface area contributed by atoms with Gasteiger partial charge in [0.15, 0.2) is 5.69 Å². The standard InChI is InChI=1S/C28H30FN5O2/c29-21-9-11-22(12-10-21)34-25-8-4-2-6-23(25)27(30-34)28(36)32-17-15-31(16-18-32)19-26(35)33-14-13-20-5-1-3-7-24(20)33/h1,3,5,7,9-12H,2,4,6,8,13-19H2. The second-order valence-corrected chi connectivity index (χ2v) is 9.86. The molecule has 8 heteroatoms. The average molecular weight is 488 g/mol. The van der Waals surface area contributed by atoms with Gasteiger partial charge in [-0.3, -0.25) is 14.5 Å². The van der Waals surface area contributed by atoms with Crippen molar-refractivity contribution in [3.05, 3.63) is 76.9 Å². The number of halogens is 1. The largest absolute Gasteiger partial charge is 0.335 e. The normalized spacial score (nSPS) is 17.7. The molecule has 1 aromatic heterocycles. The molecule has 2 amide bonds. The maximum Gasteiger partial charge on any atom is 0.274 e. The van der Waals surface area contributed by atoms with Crippen molar-refractivity contribution in [2.24, 2.45) is 0 Å². The van der Waals surface area contributed by atoms with Crippen molar-refractivity contribution in [1.29, 1.82) is 0 Å². The van der Waals surface area contributed by atoms with Crippen LogP contribution in [-0.2, 0) is 24.1 Å². The Morgan fingerprint density at radius 3 is 2.42 bits per heavy atom. The van der Waals surface area contributed by atoms with Gasteiger partial charge in [0, 0.05) is 49.7 Å². The number of hydrogen-bond donors (Lipinski definition) is 0. The Morgan fingerprint density at radius 2 is 1.61 bits per heavy atom. The van der Waals surface area contributed by atoms with Gasteiger partial charge in [-0.25, -0.2) is 9.07 Å². The number of carbonyl (C=O) groups is 2. The minimum Gasteiger partial charge on any atom is -0.335 e. The molecule has 1 saturated heterocycles. The number of anilines is 1. The van der Waals surface area contributed by atoms with E-state index in [1.54, 1.807) is 12.1 Å². The van der Waals surface area contributed by atoms with Crippen molar-refractivity contribution in [2.45, 2.75) is 32.1 Å². The Labute approximate surface area is 210 Å².